The SMILES string of the molecule is COCCOCCOCCOc1ccc(C2=NC(C)(C(=O)O)CS2)c(O)c1.COCCOCCOCCOc1ccc(C2=N[C@@](C)(C(=O)O)CS2)c(O)c1.O.[Ca+2].[H-].[H-]. The Labute approximate surface area is 367 Å². The van der Waals surface area contributed by atoms with Crippen LogP contribution in [-0.2, 0) is 38.0 Å². The van der Waals surface area contributed by atoms with E-state index in [4.69, 9.17) is 37.9 Å². The van der Waals surface area contributed by atoms with Crippen LogP contribution in [0.3, 0.4) is 0 Å². The molecule has 312 valence electrons. The van der Waals surface area contributed by atoms with Crippen LogP contribution in [0.25, 0.3) is 0 Å². The van der Waals surface area contributed by atoms with Gasteiger partial charge < -0.3 is 66.7 Å². The third kappa shape index (κ3) is 17.2. The van der Waals surface area contributed by atoms with E-state index in [1.165, 1.54) is 35.7 Å². The van der Waals surface area contributed by atoms with Crippen molar-refractivity contribution in [1.82, 2.24) is 0 Å². The third-order valence-corrected chi connectivity index (χ3v) is 10.2. The number of aromatic hydroxyl groups is 2. The summed E-state index contributed by atoms with van der Waals surface area (Å²) in [5.41, 5.74) is -1.32. The molecule has 0 aliphatic carbocycles. The van der Waals surface area contributed by atoms with Crippen molar-refractivity contribution in [3.05, 3.63) is 47.5 Å². The van der Waals surface area contributed by atoms with E-state index >= 15 is 0 Å². The van der Waals surface area contributed by atoms with Crippen molar-refractivity contribution in [2.24, 2.45) is 9.98 Å². The van der Waals surface area contributed by atoms with Gasteiger partial charge in [0.1, 0.15) is 46.3 Å². The van der Waals surface area contributed by atoms with Crippen LogP contribution < -0.4 is 9.47 Å². The number of hydrogen-bond donors (Lipinski definition) is 4. The second-order valence-electron chi connectivity index (χ2n) is 12.1. The number of thioether (sulfide) groups is 2. The van der Waals surface area contributed by atoms with Gasteiger partial charge >= 0.3 is 49.7 Å². The van der Waals surface area contributed by atoms with E-state index < -0.39 is 23.0 Å². The van der Waals surface area contributed by atoms with Crippen molar-refractivity contribution in [2.75, 3.05) is 105 Å². The Kier molecular flexibility index (Phi) is 25.2. The molecule has 0 bridgehead atoms. The third-order valence-electron chi connectivity index (χ3n) is 7.60. The molecule has 0 saturated heterocycles. The molecule has 0 fully saturated rings. The summed E-state index contributed by atoms with van der Waals surface area (Å²) in [7, 11) is 3.24. The fraction of sp³-hybridized carbons (Fsp3) is 0.556. The van der Waals surface area contributed by atoms with Crippen LogP contribution in [-0.4, -0.2) is 202 Å². The first-order chi connectivity index (χ1) is 25.9. The first-order valence-electron chi connectivity index (χ1n) is 17.1. The number of hydrogen-bond acceptors (Lipinski definition) is 16. The number of carboxylic acids is 2. The molecule has 2 aliphatic heterocycles. The second-order valence-corrected chi connectivity index (χ2v) is 14.0. The fourth-order valence-corrected chi connectivity index (χ4v) is 6.82. The molecular formula is C36H54CaN2O15S2. The smallest absolute Gasteiger partial charge is 1.00 e. The van der Waals surface area contributed by atoms with Crippen molar-refractivity contribution in [3.8, 4) is 23.0 Å². The van der Waals surface area contributed by atoms with Gasteiger partial charge in [-0.05, 0) is 38.1 Å². The summed E-state index contributed by atoms with van der Waals surface area (Å²) in [6, 6.07) is 9.75. The van der Waals surface area contributed by atoms with Gasteiger partial charge in [0.05, 0.1) is 66.1 Å². The number of nitrogens with zero attached hydrogens (tertiary/aromatic N) is 2. The monoisotopic (exact) mass is 858 g/mol. The molecule has 0 saturated carbocycles. The molecule has 2 aliphatic rings. The summed E-state index contributed by atoms with van der Waals surface area (Å²) in [4.78, 5) is 31.0. The minimum atomic E-state index is -1.16. The molecule has 2 atom stereocenters. The van der Waals surface area contributed by atoms with E-state index in [0.29, 0.717) is 124 Å². The van der Waals surface area contributed by atoms with Crippen molar-refractivity contribution in [3.63, 3.8) is 0 Å². The number of aliphatic imine (C=N–C) groups is 2. The van der Waals surface area contributed by atoms with Gasteiger partial charge in [-0.1, -0.05) is 0 Å². The van der Waals surface area contributed by atoms with Crippen LogP contribution in [0.4, 0.5) is 0 Å². The van der Waals surface area contributed by atoms with Crippen LogP contribution in [0, 0.1) is 0 Å². The van der Waals surface area contributed by atoms with Crippen LogP contribution in [0.15, 0.2) is 46.4 Å². The maximum absolute atomic E-state index is 11.3. The Morgan fingerprint density at radius 1 is 0.625 bits per heavy atom. The number of rotatable bonds is 24. The molecule has 2 aromatic rings. The largest absolute Gasteiger partial charge is 2.00 e. The minimum absolute atomic E-state index is 0. The summed E-state index contributed by atoms with van der Waals surface area (Å²) >= 11 is 2.63. The molecule has 20 heteroatoms. The maximum atomic E-state index is 11.3. The number of phenolic OH excluding ortho intramolecular Hbond substituents is 2. The molecule has 0 spiro atoms. The van der Waals surface area contributed by atoms with Crippen molar-refractivity contribution >= 4 is 83.3 Å². The van der Waals surface area contributed by atoms with Gasteiger partial charge in [-0.2, -0.15) is 0 Å². The fourth-order valence-electron chi connectivity index (χ4n) is 4.42. The maximum Gasteiger partial charge on any atom is 2.00 e. The number of methoxy groups -OCH3 is 2. The number of carbonyl (C=O) groups is 2. The molecule has 1 unspecified atom stereocenters. The molecule has 6 N–H and O–H groups in total. The van der Waals surface area contributed by atoms with Crippen LogP contribution in [0.2, 0.25) is 0 Å². The Bertz CT molecular complexity index is 1470. The Balaban J connectivity index is 0. The molecule has 0 aromatic heterocycles. The quantitative estimate of drug-likeness (QED) is 0.0876. The number of phenols is 2. The van der Waals surface area contributed by atoms with E-state index in [1.54, 1.807) is 52.3 Å². The summed E-state index contributed by atoms with van der Waals surface area (Å²) in [6.07, 6.45) is 0. The second kappa shape index (κ2) is 27.3. The predicted octanol–water partition coefficient (Wildman–Crippen LogP) is 2.59. The summed E-state index contributed by atoms with van der Waals surface area (Å²) in [6.45, 7) is 8.72. The zero-order valence-electron chi connectivity index (χ0n) is 34.2. The molecule has 0 amide bonds. The van der Waals surface area contributed by atoms with Crippen molar-refractivity contribution in [2.45, 2.75) is 24.9 Å². The predicted molar refractivity (Wildman–Crippen MR) is 216 cm³/mol. The van der Waals surface area contributed by atoms with Gasteiger partial charge in [0, 0.05) is 49.0 Å². The summed E-state index contributed by atoms with van der Waals surface area (Å²) in [5, 5.41) is 39.9. The zero-order chi connectivity index (χ0) is 39.4. The molecule has 2 heterocycles. The Hall–Kier alpha value is -2.40. The first-order valence-corrected chi connectivity index (χ1v) is 19.0. The van der Waals surface area contributed by atoms with Gasteiger partial charge in [-0.3, -0.25) is 9.98 Å². The normalized spacial score (nSPS) is 18.4. The van der Waals surface area contributed by atoms with E-state index in [2.05, 4.69) is 9.98 Å². The van der Waals surface area contributed by atoms with Gasteiger partial charge in [0.2, 0.25) is 0 Å². The van der Waals surface area contributed by atoms with Crippen LogP contribution in [0.1, 0.15) is 27.8 Å². The molecular weight excluding hydrogens is 805 g/mol. The number of benzene rings is 2. The summed E-state index contributed by atoms with van der Waals surface area (Å²) < 4.78 is 42.1. The number of aliphatic carboxylic acids is 2. The molecule has 56 heavy (non-hydrogen) atoms. The van der Waals surface area contributed by atoms with Crippen molar-refractivity contribution in [1.29, 1.82) is 0 Å². The topological polar surface area (TPSA) is 245 Å². The molecule has 0 radical (unpaired) electrons. The summed E-state index contributed by atoms with van der Waals surface area (Å²) in [5.74, 6) is -0.283. The van der Waals surface area contributed by atoms with Crippen LogP contribution in [0.5, 0.6) is 23.0 Å². The minimum Gasteiger partial charge on any atom is -1.00 e. The number of ether oxygens (including phenoxy) is 8. The van der Waals surface area contributed by atoms with Crippen LogP contribution >= 0.6 is 23.5 Å². The zero-order valence-corrected chi connectivity index (χ0v) is 36.0. The van der Waals surface area contributed by atoms with Gasteiger partial charge in [0.15, 0.2) is 11.1 Å². The van der Waals surface area contributed by atoms with Crippen molar-refractivity contribution < 1.29 is 76.2 Å². The van der Waals surface area contributed by atoms with Gasteiger partial charge in [-0.15, -0.1) is 23.5 Å². The van der Waals surface area contributed by atoms with Gasteiger partial charge in [0.25, 0.3) is 0 Å². The standard InChI is InChI=1S/2C18H25NO7S.Ca.H2O.2H/c2*1-18(17(21)22)12-27-16(19-18)14-4-3-13(11-15(14)20)26-10-9-25-8-7-24-6-5-23-2;;;;/h2*3-4,11,20H,5-10,12H2,1-2H3,(H,21,22);;1H2;;/q;;+2;;2*-1/t18-;;;;;/m1...../s1. The van der Waals surface area contributed by atoms with E-state index in [-0.39, 0.29) is 57.6 Å². The Morgan fingerprint density at radius 2 is 0.946 bits per heavy atom. The number of carboxylic acid groups (broad SMARTS) is 2. The average molecular weight is 859 g/mol. The first kappa shape index (κ1) is 51.6. The molecule has 17 nitrogen and oxygen atoms in total. The molecule has 4 rings (SSSR count). The van der Waals surface area contributed by atoms with E-state index in [1.807, 2.05) is 0 Å². The Morgan fingerprint density at radius 3 is 1.23 bits per heavy atom. The van der Waals surface area contributed by atoms with E-state index in [9.17, 15) is 30.0 Å². The van der Waals surface area contributed by atoms with E-state index in [0.717, 1.165) is 0 Å². The average Bonchev–Trinajstić information content (AvgIpc) is 3.75. The van der Waals surface area contributed by atoms with Gasteiger partial charge in [-0.25, -0.2) is 9.59 Å². The molecule has 2 aromatic carbocycles.